The van der Waals surface area contributed by atoms with Crippen LogP contribution in [0.2, 0.25) is 0 Å². The van der Waals surface area contributed by atoms with E-state index in [0.717, 1.165) is 28.0 Å². The number of hydrogen-bond donors (Lipinski definition) is 1. The van der Waals surface area contributed by atoms with E-state index in [2.05, 4.69) is 15.3 Å². The van der Waals surface area contributed by atoms with Crippen molar-refractivity contribution in [1.29, 1.82) is 0 Å². The van der Waals surface area contributed by atoms with Crippen LogP contribution in [0.5, 0.6) is 5.75 Å². The van der Waals surface area contributed by atoms with Crippen LogP contribution in [0.25, 0.3) is 11.3 Å². The summed E-state index contributed by atoms with van der Waals surface area (Å²) in [6, 6.07) is 11.9. The van der Waals surface area contributed by atoms with Gasteiger partial charge in [-0.3, -0.25) is 0 Å². The van der Waals surface area contributed by atoms with E-state index in [0.29, 0.717) is 6.61 Å². The van der Waals surface area contributed by atoms with Crippen LogP contribution in [0.4, 0.5) is 10.9 Å². The van der Waals surface area contributed by atoms with E-state index in [1.165, 1.54) is 5.56 Å². The number of benzene rings is 1. The lowest BCUT2D eigenvalue weighted by Gasteiger charge is -2.03. The van der Waals surface area contributed by atoms with Crippen molar-refractivity contribution in [2.75, 3.05) is 11.9 Å². The summed E-state index contributed by atoms with van der Waals surface area (Å²) >= 11 is 1.57. The van der Waals surface area contributed by atoms with Gasteiger partial charge in [0.25, 0.3) is 0 Å². The number of rotatable bonds is 5. The minimum absolute atomic E-state index is 0.674. The first-order valence-corrected chi connectivity index (χ1v) is 8.01. The summed E-state index contributed by atoms with van der Waals surface area (Å²) in [6.45, 7) is 4.69. The monoisotopic (exact) mass is 311 g/mol. The molecule has 0 aliphatic heterocycles. The second kappa shape index (κ2) is 6.58. The SMILES string of the molecule is CCOc1ccc(-c2csc(Nc3cc(C)ccn3)n2)cc1. The number of pyridine rings is 1. The highest BCUT2D eigenvalue weighted by Crippen LogP contribution is 2.28. The second-order valence-electron chi connectivity index (χ2n) is 4.84. The molecule has 0 saturated carbocycles. The Bertz CT molecular complexity index is 753. The summed E-state index contributed by atoms with van der Waals surface area (Å²) in [4.78, 5) is 8.90. The van der Waals surface area contributed by atoms with Crippen molar-refractivity contribution in [2.24, 2.45) is 0 Å². The topological polar surface area (TPSA) is 47.0 Å². The second-order valence-corrected chi connectivity index (χ2v) is 5.70. The molecule has 0 aliphatic carbocycles. The fraction of sp³-hybridized carbons (Fsp3) is 0.176. The summed E-state index contributed by atoms with van der Waals surface area (Å²) < 4.78 is 5.45. The summed E-state index contributed by atoms with van der Waals surface area (Å²) in [7, 11) is 0. The standard InChI is InChI=1S/C17H17N3OS/c1-3-21-14-6-4-13(5-7-14)15-11-22-17(19-15)20-16-10-12(2)8-9-18-16/h4-11H,3H2,1-2H3,(H,18,19,20). The van der Waals surface area contributed by atoms with Crippen molar-refractivity contribution < 1.29 is 4.74 Å². The maximum Gasteiger partial charge on any atom is 0.188 e. The normalized spacial score (nSPS) is 10.5. The average Bonchev–Trinajstić information content (AvgIpc) is 2.97. The van der Waals surface area contributed by atoms with E-state index in [1.807, 2.05) is 55.6 Å². The maximum absolute atomic E-state index is 5.45. The van der Waals surface area contributed by atoms with Crippen LogP contribution in [0.15, 0.2) is 48.0 Å². The molecule has 0 unspecified atom stereocenters. The van der Waals surface area contributed by atoms with Gasteiger partial charge in [0.05, 0.1) is 12.3 Å². The Morgan fingerprint density at radius 2 is 2.00 bits per heavy atom. The predicted octanol–water partition coefficient (Wildman–Crippen LogP) is 4.66. The molecule has 0 aliphatic rings. The molecule has 0 spiro atoms. The highest BCUT2D eigenvalue weighted by Gasteiger charge is 2.06. The third-order valence-corrected chi connectivity index (χ3v) is 3.87. The lowest BCUT2D eigenvalue weighted by Crippen LogP contribution is -1.93. The number of anilines is 2. The highest BCUT2D eigenvalue weighted by atomic mass is 32.1. The summed E-state index contributed by atoms with van der Waals surface area (Å²) in [5.74, 6) is 1.69. The Labute approximate surface area is 133 Å². The predicted molar refractivity (Wildman–Crippen MR) is 91.0 cm³/mol. The van der Waals surface area contributed by atoms with E-state index >= 15 is 0 Å². The van der Waals surface area contributed by atoms with Crippen molar-refractivity contribution in [3.8, 4) is 17.0 Å². The minimum Gasteiger partial charge on any atom is -0.494 e. The van der Waals surface area contributed by atoms with Crippen LogP contribution in [0, 0.1) is 6.92 Å². The lowest BCUT2D eigenvalue weighted by molar-refractivity contribution is 0.340. The molecule has 0 amide bonds. The molecule has 3 aromatic rings. The van der Waals surface area contributed by atoms with Gasteiger partial charge in [-0.05, 0) is 55.8 Å². The van der Waals surface area contributed by atoms with Gasteiger partial charge in [-0.25, -0.2) is 9.97 Å². The van der Waals surface area contributed by atoms with Gasteiger partial charge in [0.1, 0.15) is 11.6 Å². The third-order valence-electron chi connectivity index (χ3n) is 3.12. The molecular formula is C17H17N3OS. The number of thiazole rings is 1. The van der Waals surface area contributed by atoms with Gasteiger partial charge in [0.2, 0.25) is 0 Å². The minimum atomic E-state index is 0.674. The molecule has 5 heteroatoms. The molecule has 2 heterocycles. The number of aryl methyl sites for hydroxylation is 1. The van der Waals surface area contributed by atoms with Gasteiger partial charge in [-0.2, -0.15) is 0 Å². The molecule has 0 fully saturated rings. The number of nitrogens with one attached hydrogen (secondary N) is 1. The fourth-order valence-corrected chi connectivity index (χ4v) is 2.79. The molecule has 0 saturated heterocycles. The molecule has 0 bridgehead atoms. The molecule has 22 heavy (non-hydrogen) atoms. The van der Waals surface area contributed by atoms with E-state index in [-0.39, 0.29) is 0 Å². The van der Waals surface area contributed by atoms with E-state index in [9.17, 15) is 0 Å². The van der Waals surface area contributed by atoms with Crippen LogP contribution in [0.1, 0.15) is 12.5 Å². The van der Waals surface area contributed by atoms with Crippen LogP contribution in [-0.2, 0) is 0 Å². The van der Waals surface area contributed by atoms with Crippen LogP contribution < -0.4 is 10.1 Å². The van der Waals surface area contributed by atoms with Crippen molar-refractivity contribution in [1.82, 2.24) is 9.97 Å². The van der Waals surface area contributed by atoms with Crippen LogP contribution in [0.3, 0.4) is 0 Å². The first kappa shape index (κ1) is 14.5. The van der Waals surface area contributed by atoms with Gasteiger partial charge >= 0.3 is 0 Å². The maximum atomic E-state index is 5.45. The average molecular weight is 311 g/mol. The molecule has 3 rings (SSSR count). The van der Waals surface area contributed by atoms with Crippen molar-refractivity contribution in [3.63, 3.8) is 0 Å². The number of aromatic nitrogens is 2. The van der Waals surface area contributed by atoms with Gasteiger partial charge in [-0.1, -0.05) is 0 Å². The molecule has 112 valence electrons. The van der Waals surface area contributed by atoms with Crippen molar-refractivity contribution >= 4 is 22.3 Å². The Morgan fingerprint density at radius 3 is 2.73 bits per heavy atom. The summed E-state index contributed by atoms with van der Waals surface area (Å²) in [5.41, 5.74) is 3.19. The zero-order chi connectivity index (χ0) is 15.4. The van der Waals surface area contributed by atoms with Gasteiger partial charge in [-0.15, -0.1) is 11.3 Å². The Kier molecular flexibility index (Phi) is 4.34. The van der Waals surface area contributed by atoms with Gasteiger partial charge in [0, 0.05) is 17.1 Å². The number of hydrogen-bond acceptors (Lipinski definition) is 5. The summed E-state index contributed by atoms with van der Waals surface area (Å²) in [5, 5.41) is 6.11. The lowest BCUT2D eigenvalue weighted by atomic mass is 10.2. The number of ether oxygens (including phenoxy) is 1. The quantitative estimate of drug-likeness (QED) is 0.744. The fourth-order valence-electron chi connectivity index (χ4n) is 2.07. The molecule has 4 nitrogen and oxygen atoms in total. The van der Waals surface area contributed by atoms with Crippen molar-refractivity contribution in [2.45, 2.75) is 13.8 Å². The van der Waals surface area contributed by atoms with Gasteiger partial charge < -0.3 is 10.1 Å². The third kappa shape index (κ3) is 3.43. The van der Waals surface area contributed by atoms with Crippen LogP contribution >= 0.6 is 11.3 Å². The Balaban J connectivity index is 1.75. The summed E-state index contributed by atoms with van der Waals surface area (Å²) in [6.07, 6.45) is 1.79. The Hall–Kier alpha value is -2.40. The van der Waals surface area contributed by atoms with E-state index in [4.69, 9.17) is 4.74 Å². The first-order valence-electron chi connectivity index (χ1n) is 7.13. The molecule has 1 N–H and O–H groups in total. The Morgan fingerprint density at radius 1 is 1.18 bits per heavy atom. The molecule has 2 aromatic heterocycles. The van der Waals surface area contributed by atoms with E-state index in [1.54, 1.807) is 17.5 Å². The molecule has 1 aromatic carbocycles. The van der Waals surface area contributed by atoms with E-state index < -0.39 is 0 Å². The first-order chi connectivity index (χ1) is 10.7. The molecule has 0 radical (unpaired) electrons. The van der Waals surface area contributed by atoms with Crippen LogP contribution in [-0.4, -0.2) is 16.6 Å². The molecule has 0 atom stereocenters. The van der Waals surface area contributed by atoms with Crippen molar-refractivity contribution in [3.05, 3.63) is 53.5 Å². The zero-order valence-electron chi connectivity index (χ0n) is 12.5. The smallest absolute Gasteiger partial charge is 0.188 e. The van der Waals surface area contributed by atoms with Gasteiger partial charge in [0.15, 0.2) is 5.13 Å². The molecular weight excluding hydrogens is 294 g/mol. The largest absolute Gasteiger partial charge is 0.494 e. The zero-order valence-corrected chi connectivity index (χ0v) is 13.4. The highest BCUT2D eigenvalue weighted by molar-refractivity contribution is 7.14. The number of nitrogens with zero attached hydrogens (tertiary/aromatic N) is 2.